The molecule has 0 fully saturated rings. The van der Waals surface area contributed by atoms with Crippen molar-refractivity contribution in [2.45, 2.75) is 219 Å². The van der Waals surface area contributed by atoms with Gasteiger partial charge in [0.25, 0.3) is 0 Å². The third-order valence-corrected chi connectivity index (χ3v) is 9.23. The van der Waals surface area contributed by atoms with Crippen molar-refractivity contribution in [3.05, 3.63) is 23.8 Å². The number of nitriles is 1. The largest absolute Gasteiger partial charge is 0.461 e. The molecule has 0 aliphatic rings. The Morgan fingerprint density at radius 1 is 0.458 bits per heavy atom. The summed E-state index contributed by atoms with van der Waals surface area (Å²) in [7, 11) is 0. The standard InChI is InChI=1S/C43H77NO4/c1-3-5-7-9-11-13-15-17-19-20-22-24-26-28-30-32-34-36-43(46)48-40-41(37-38-44)39-47-42(45)35-33-31-29-27-25-23-21-18-16-14-12-10-8-6-4-2/h11,13,37H,3-10,12,14-36,39-40H2,1-2H3/b13-11?,41-37-. The van der Waals surface area contributed by atoms with Gasteiger partial charge in [0.1, 0.15) is 13.2 Å². The molecular weight excluding hydrogens is 594 g/mol. The van der Waals surface area contributed by atoms with E-state index in [0.717, 1.165) is 38.5 Å². The highest BCUT2D eigenvalue weighted by molar-refractivity contribution is 5.70. The molecular formula is C43H77NO4. The van der Waals surface area contributed by atoms with Gasteiger partial charge in [-0.3, -0.25) is 9.59 Å². The first-order valence-corrected chi connectivity index (χ1v) is 20.7. The Bertz CT molecular complexity index is 812. The molecule has 0 atom stereocenters. The SMILES string of the molecule is CCCCCC=CCCCCCCCCCCCCC(=O)OC/C(=C\C#N)COC(=O)CCCCCCCCCCCCCCCCC. The van der Waals surface area contributed by atoms with Gasteiger partial charge < -0.3 is 9.47 Å². The van der Waals surface area contributed by atoms with Gasteiger partial charge in [-0.1, -0.05) is 180 Å². The van der Waals surface area contributed by atoms with Gasteiger partial charge >= 0.3 is 11.9 Å². The van der Waals surface area contributed by atoms with E-state index in [1.165, 1.54) is 160 Å². The molecule has 0 rings (SSSR count). The Kier molecular flexibility index (Phi) is 37.6. The van der Waals surface area contributed by atoms with Crippen LogP contribution >= 0.6 is 0 Å². The zero-order valence-corrected chi connectivity index (χ0v) is 31.9. The van der Waals surface area contributed by atoms with Crippen molar-refractivity contribution in [2.75, 3.05) is 13.2 Å². The summed E-state index contributed by atoms with van der Waals surface area (Å²) in [6, 6.07) is 1.97. The molecule has 0 spiro atoms. The highest BCUT2D eigenvalue weighted by Crippen LogP contribution is 2.15. The molecule has 0 saturated carbocycles. The van der Waals surface area contributed by atoms with Crippen LogP contribution in [0.3, 0.4) is 0 Å². The highest BCUT2D eigenvalue weighted by atomic mass is 16.5. The average molecular weight is 672 g/mol. The lowest BCUT2D eigenvalue weighted by molar-refractivity contribution is -0.144. The molecule has 0 amide bonds. The molecule has 0 saturated heterocycles. The predicted molar refractivity (Wildman–Crippen MR) is 204 cm³/mol. The number of hydrogen-bond acceptors (Lipinski definition) is 5. The van der Waals surface area contributed by atoms with Crippen molar-refractivity contribution >= 4 is 11.9 Å². The number of carbonyl (C=O) groups is 2. The van der Waals surface area contributed by atoms with Gasteiger partial charge in [-0.05, 0) is 38.5 Å². The molecule has 0 radical (unpaired) electrons. The van der Waals surface area contributed by atoms with Crippen LogP contribution in [0.2, 0.25) is 0 Å². The Hall–Kier alpha value is -2.09. The summed E-state index contributed by atoms with van der Waals surface area (Å²) in [4.78, 5) is 24.3. The smallest absolute Gasteiger partial charge is 0.306 e. The first kappa shape index (κ1) is 45.9. The van der Waals surface area contributed by atoms with Crippen molar-refractivity contribution in [2.24, 2.45) is 0 Å². The summed E-state index contributed by atoms with van der Waals surface area (Å²) < 4.78 is 10.7. The van der Waals surface area contributed by atoms with E-state index < -0.39 is 0 Å². The van der Waals surface area contributed by atoms with Crippen LogP contribution in [0.25, 0.3) is 0 Å². The fourth-order valence-corrected chi connectivity index (χ4v) is 6.04. The topological polar surface area (TPSA) is 76.4 Å². The molecule has 0 bridgehead atoms. The second kappa shape index (κ2) is 39.3. The number of esters is 2. The van der Waals surface area contributed by atoms with E-state index in [1.807, 2.05) is 6.07 Å². The predicted octanol–water partition coefficient (Wildman–Crippen LogP) is 13.6. The zero-order valence-electron chi connectivity index (χ0n) is 31.9. The molecule has 5 nitrogen and oxygen atoms in total. The lowest BCUT2D eigenvalue weighted by Crippen LogP contribution is -2.13. The molecule has 0 aliphatic heterocycles. The third kappa shape index (κ3) is 36.7. The second-order valence-corrected chi connectivity index (χ2v) is 14.0. The van der Waals surface area contributed by atoms with Gasteiger partial charge in [0.05, 0.1) is 6.07 Å². The summed E-state index contributed by atoms with van der Waals surface area (Å²) in [5, 5.41) is 9.08. The van der Waals surface area contributed by atoms with Crippen molar-refractivity contribution < 1.29 is 19.1 Å². The number of unbranched alkanes of at least 4 members (excludes halogenated alkanes) is 27. The van der Waals surface area contributed by atoms with Crippen LogP contribution in [0.5, 0.6) is 0 Å². The molecule has 0 aromatic rings. The second-order valence-electron chi connectivity index (χ2n) is 14.0. The lowest BCUT2D eigenvalue weighted by atomic mass is 10.0. The highest BCUT2D eigenvalue weighted by Gasteiger charge is 2.09. The minimum Gasteiger partial charge on any atom is -0.461 e. The molecule has 5 heteroatoms. The number of nitrogens with zero attached hydrogens (tertiary/aromatic N) is 1. The minimum absolute atomic E-state index is 0.00782. The summed E-state index contributed by atoms with van der Waals surface area (Å²) in [5.74, 6) is -0.500. The van der Waals surface area contributed by atoms with Gasteiger partial charge in [-0.15, -0.1) is 0 Å². The number of hydrogen-bond donors (Lipinski definition) is 0. The van der Waals surface area contributed by atoms with Crippen molar-refractivity contribution in [3.8, 4) is 6.07 Å². The summed E-state index contributed by atoms with van der Waals surface area (Å²) in [5.41, 5.74) is 0.523. The maximum atomic E-state index is 12.2. The van der Waals surface area contributed by atoms with Gasteiger partial charge in [-0.25, -0.2) is 0 Å². The van der Waals surface area contributed by atoms with Crippen molar-refractivity contribution in [1.29, 1.82) is 5.26 Å². The van der Waals surface area contributed by atoms with E-state index in [1.54, 1.807) is 0 Å². The van der Waals surface area contributed by atoms with Gasteiger partial charge in [0, 0.05) is 24.5 Å². The Balaban J connectivity index is 3.61. The fourth-order valence-electron chi connectivity index (χ4n) is 6.04. The van der Waals surface area contributed by atoms with Crippen LogP contribution in [0.1, 0.15) is 219 Å². The maximum Gasteiger partial charge on any atom is 0.306 e. The lowest BCUT2D eigenvalue weighted by Gasteiger charge is -2.09. The summed E-state index contributed by atoms with van der Waals surface area (Å²) in [6.07, 6.45) is 44.8. The molecule has 0 unspecified atom stereocenters. The van der Waals surface area contributed by atoms with Crippen LogP contribution in [-0.2, 0) is 19.1 Å². The first-order chi connectivity index (χ1) is 23.6. The number of allylic oxidation sites excluding steroid dienone is 3. The fraction of sp³-hybridized carbons (Fsp3) is 0.837. The zero-order chi connectivity index (χ0) is 35.0. The molecule has 48 heavy (non-hydrogen) atoms. The van der Waals surface area contributed by atoms with Crippen molar-refractivity contribution in [3.63, 3.8) is 0 Å². The van der Waals surface area contributed by atoms with E-state index >= 15 is 0 Å². The number of rotatable bonds is 37. The van der Waals surface area contributed by atoms with E-state index in [2.05, 4.69) is 26.0 Å². The van der Waals surface area contributed by atoms with E-state index in [4.69, 9.17) is 14.7 Å². The normalized spacial score (nSPS) is 11.6. The van der Waals surface area contributed by atoms with E-state index in [0.29, 0.717) is 18.4 Å². The number of carbonyl (C=O) groups excluding carboxylic acids is 2. The molecule has 0 aromatic carbocycles. The van der Waals surface area contributed by atoms with Gasteiger partial charge in [-0.2, -0.15) is 5.26 Å². The Morgan fingerprint density at radius 2 is 0.750 bits per heavy atom. The van der Waals surface area contributed by atoms with E-state index in [9.17, 15) is 9.59 Å². The summed E-state index contributed by atoms with van der Waals surface area (Å²) >= 11 is 0. The Morgan fingerprint density at radius 3 is 1.10 bits per heavy atom. The molecule has 278 valence electrons. The summed E-state index contributed by atoms with van der Waals surface area (Å²) in [6.45, 7) is 4.54. The van der Waals surface area contributed by atoms with Gasteiger partial charge in [0.15, 0.2) is 0 Å². The first-order valence-electron chi connectivity index (χ1n) is 20.7. The molecule has 0 aromatic heterocycles. The minimum atomic E-state index is -0.251. The maximum absolute atomic E-state index is 12.2. The van der Waals surface area contributed by atoms with Crippen LogP contribution in [0.15, 0.2) is 23.8 Å². The van der Waals surface area contributed by atoms with Crippen LogP contribution < -0.4 is 0 Å². The molecule has 0 heterocycles. The van der Waals surface area contributed by atoms with Crippen LogP contribution in [0, 0.1) is 11.3 Å². The van der Waals surface area contributed by atoms with Crippen molar-refractivity contribution in [1.82, 2.24) is 0 Å². The average Bonchev–Trinajstić information content (AvgIpc) is 3.09. The Labute approximate surface area is 298 Å². The molecule has 0 aliphatic carbocycles. The van der Waals surface area contributed by atoms with Crippen LogP contribution in [-0.4, -0.2) is 25.2 Å². The number of ether oxygens (including phenoxy) is 2. The quantitative estimate of drug-likeness (QED) is 0.0284. The van der Waals surface area contributed by atoms with Gasteiger partial charge in [0.2, 0.25) is 0 Å². The third-order valence-electron chi connectivity index (χ3n) is 9.23. The monoisotopic (exact) mass is 672 g/mol. The van der Waals surface area contributed by atoms with E-state index in [-0.39, 0.29) is 25.2 Å². The molecule has 0 N–H and O–H groups in total. The van der Waals surface area contributed by atoms with Crippen LogP contribution in [0.4, 0.5) is 0 Å².